The maximum Gasteiger partial charge on any atom is 0.316 e. The van der Waals surface area contributed by atoms with E-state index in [0.29, 0.717) is 12.5 Å². The van der Waals surface area contributed by atoms with Crippen LogP contribution in [0.2, 0.25) is 0 Å². The van der Waals surface area contributed by atoms with E-state index in [2.05, 4.69) is 45.6 Å². The quantitative estimate of drug-likeness (QED) is 0.443. The van der Waals surface area contributed by atoms with Crippen molar-refractivity contribution in [2.24, 2.45) is 0 Å². The molecule has 0 saturated carbocycles. The summed E-state index contributed by atoms with van der Waals surface area (Å²) >= 11 is 0. The molecule has 0 amide bonds. The molecule has 0 spiro atoms. The van der Waals surface area contributed by atoms with Crippen molar-refractivity contribution in [1.29, 1.82) is 0 Å². The van der Waals surface area contributed by atoms with Gasteiger partial charge >= 0.3 is 5.56 Å². The molecule has 6 nitrogen and oxygen atoms in total. The zero-order valence-electron chi connectivity index (χ0n) is 17.8. The number of fused-ring (bicyclic) bond motifs is 1. The molecule has 0 atom stereocenters. The number of nitrogens with zero attached hydrogens (tertiary/aromatic N) is 2. The predicted octanol–water partition coefficient (Wildman–Crippen LogP) is 5.26. The van der Waals surface area contributed by atoms with E-state index in [1.165, 1.54) is 12.7 Å². The summed E-state index contributed by atoms with van der Waals surface area (Å²) in [7, 11) is 1.48. The number of methoxy groups -OCH3 is 1. The van der Waals surface area contributed by atoms with Crippen molar-refractivity contribution < 1.29 is 4.74 Å². The van der Waals surface area contributed by atoms with Gasteiger partial charge in [0.25, 0.3) is 0 Å². The fourth-order valence-corrected chi connectivity index (χ4v) is 4.00. The summed E-state index contributed by atoms with van der Waals surface area (Å²) in [5.74, 6) is 0.681. The number of aromatic amines is 1. The van der Waals surface area contributed by atoms with E-state index in [9.17, 15) is 4.79 Å². The van der Waals surface area contributed by atoms with Crippen molar-refractivity contribution in [1.82, 2.24) is 14.5 Å². The molecule has 4 aromatic rings. The van der Waals surface area contributed by atoms with Crippen LogP contribution >= 0.6 is 0 Å². The topological polar surface area (TPSA) is 71.9 Å². The van der Waals surface area contributed by atoms with Gasteiger partial charge in [-0.05, 0) is 42.2 Å². The number of H-pyrrole nitrogens is 1. The number of rotatable bonds is 6. The van der Waals surface area contributed by atoms with Gasteiger partial charge in [-0.1, -0.05) is 54.6 Å². The highest BCUT2D eigenvalue weighted by molar-refractivity contribution is 5.96. The molecule has 6 heteroatoms. The molecule has 1 aliphatic carbocycles. The third kappa shape index (κ3) is 3.95. The largest absolute Gasteiger partial charge is 0.490 e. The molecule has 0 saturated heterocycles. The van der Waals surface area contributed by atoms with Gasteiger partial charge in [0.15, 0.2) is 0 Å². The maximum atomic E-state index is 12.4. The fourth-order valence-electron chi connectivity index (χ4n) is 4.00. The van der Waals surface area contributed by atoms with Gasteiger partial charge in [0.1, 0.15) is 0 Å². The monoisotopic (exact) mass is 424 g/mol. The predicted molar refractivity (Wildman–Crippen MR) is 129 cm³/mol. The normalized spacial score (nSPS) is 13.2. The molecule has 0 aliphatic heterocycles. The lowest BCUT2D eigenvalue weighted by Crippen LogP contribution is -2.18. The molecule has 0 bridgehead atoms. The first-order chi connectivity index (χ1) is 15.7. The van der Waals surface area contributed by atoms with Crippen LogP contribution in [0.4, 0.5) is 11.6 Å². The Balaban J connectivity index is 1.55. The van der Waals surface area contributed by atoms with Crippen LogP contribution in [-0.4, -0.2) is 21.6 Å². The molecule has 0 unspecified atom stereocenters. The van der Waals surface area contributed by atoms with Crippen LogP contribution in [0.1, 0.15) is 24.1 Å². The Bertz CT molecular complexity index is 1380. The third-order valence-electron chi connectivity index (χ3n) is 5.65. The van der Waals surface area contributed by atoms with Crippen molar-refractivity contribution in [2.75, 3.05) is 12.4 Å². The minimum atomic E-state index is -0.402. The highest BCUT2D eigenvalue weighted by Crippen LogP contribution is 2.31. The first-order valence-corrected chi connectivity index (χ1v) is 10.7. The minimum absolute atomic E-state index is 0.214. The Morgan fingerprint density at radius 2 is 2.03 bits per heavy atom. The minimum Gasteiger partial charge on any atom is -0.490 e. The summed E-state index contributed by atoms with van der Waals surface area (Å²) in [6.07, 6.45) is 10.2. The third-order valence-corrected chi connectivity index (χ3v) is 5.65. The Hall–Kier alpha value is -4.06. The van der Waals surface area contributed by atoms with Crippen LogP contribution in [-0.2, 0) is 6.54 Å². The van der Waals surface area contributed by atoms with Gasteiger partial charge in [0.2, 0.25) is 11.7 Å². The number of hydrogen-bond donors (Lipinski definition) is 2. The summed E-state index contributed by atoms with van der Waals surface area (Å²) < 4.78 is 7.13. The highest BCUT2D eigenvalue weighted by Gasteiger charge is 2.14. The van der Waals surface area contributed by atoms with Crippen molar-refractivity contribution in [3.8, 4) is 5.75 Å². The molecular weight excluding hydrogens is 400 g/mol. The number of ether oxygens (including phenoxy) is 1. The van der Waals surface area contributed by atoms with Gasteiger partial charge < -0.3 is 19.6 Å². The molecule has 160 valence electrons. The van der Waals surface area contributed by atoms with E-state index in [1.54, 1.807) is 6.20 Å². The maximum absolute atomic E-state index is 12.4. The van der Waals surface area contributed by atoms with Crippen molar-refractivity contribution in [3.63, 3.8) is 0 Å². The van der Waals surface area contributed by atoms with Crippen LogP contribution in [0.5, 0.6) is 5.75 Å². The van der Waals surface area contributed by atoms with E-state index in [4.69, 9.17) is 4.74 Å². The second kappa shape index (κ2) is 8.59. The van der Waals surface area contributed by atoms with Gasteiger partial charge in [-0.3, -0.25) is 4.79 Å². The van der Waals surface area contributed by atoms with Crippen molar-refractivity contribution in [2.45, 2.75) is 19.4 Å². The number of hydrogen-bond acceptors (Lipinski definition) is 4. The first-order valence-electron chi connectivity index (χ1n) is 10.7. The molecule has 5 rings (SSSR count). The van der Waals surface area contributed by atoms with Gasteiger partial charge in [-0.2, -0.15) is 4.98 Å². The second-order valence-corrected chi connectivity index (χ2v) is 7.79. The molecular formula is C26H24N4O2. The van der Waals surface area contributed by atoms with Crippen molar-refractivity contribution >= 4 is 28.1 Å². The van der Waals surface area contributed by atoms with Crippen LogP contribution in [0.3, 0.4) is 0 Å². The lowest BCUT2D eigenvalue weighted by molar-refractivity contribution is 0.402. The summed E-state index contributed by atoms with van der Waals surface area (Å²) in [6, 6.07) is 18.3. The summed E-state index contributed by atoms with van der Waals surface area (Å²) in [5.41, 5.74) is 5.02. The van der Waals surface area contributed by atoms with Gasteiger partial charge in [-0.15, -0.1) is 0 Å². The molecule has 2 N–H and O–H groups in total. The Morgan fingerprint density at radius 1 is 1.16 bits per heavy atom. The van der Waals surface area contributed by atoms with Crippen molar-refractivity contribution in [3.05, 3.63) is 101 Å². The van der Waals surface area contributed by atoms with E-state index in [-0.39, 0.29) is 5.75 Å². The summed E-state index contributed by atoms with van der Waals surface area (Å²) in [4.78, 5) is 20.2. The molecule has 2 aromatic heterocycles. The molecule has 2 aromatic carbocycles. The lowest BCUT2D eigenvalue weighted by Gasteiger charge is -2.15. The zero-order valence-corrected chi connectivity index (χ0v) is 17.8. The molecule has 0 fully saturated rings. The van der Waals surface area contributed by atoms with Gasteiger partial charge in [0.05, 0.1) is 25.5 Å². The Kier molecular flexibility index (Phi) is 5.34. The fraction of sp³-hybridized carbons (Fsp3) is 0.154. The smallest absolute Gasteiger partial charge is 0.316 e. The van der Waals surface area contributed by atoms with Crippen LogP contribution < -0.4 is 15.6 Å². The lowest BCUT2D eigenvalue weighted by atomic mass is 10.0. The zero-order chi connectivity index (χ0) is 21.9. The van der Waals surface area contributed by atoms with Crippen LogP contribution in [0.15, 0.2) is 83.8 Å². The van der Waals surface area contributed by atoms with E-state index < -0.39 is 5.56 Å². The highest BCUT2D eigenvalue weighted by atomic mass is 16.5. The molecule has 0 radical (unpaired) electrons. The number of allylic oxidation sites excluding steroid dienone is 4. The van der Waals surface area contributed by atoms with Crippen LogP contribution in [0.25, 0.3) is 16.5 Å². The molecule has 32 heavy (non-hydrogen) atoms. The molecule has 2 heterocycles. The molecule has 1 aliphatic rings. The number of aromatic nitrogens is 3. The standard InChI is InChI=1S/C26H24N4O2/c1-32-24-17-30(16-18-9-4-2-5-10-18)26(29-25(24)31)28-22-14-8-13-21-20(22)15-23(27-21)19-11-6-3-7-12-19/h2-6,8-11,13-15,17,27H,7,12,16H2,1H3,(H,28,29,31). The number of benzene rings is 2. The SMILES string of the molecule is COc1cn(Cc2ccccc2)c(Nc2cccc3[nH]c(C4=CC=CCC4)cc23)nc1=O. The van der Waals surface area contributed by atoms with Crippen LogP contribution in [0, 0.1) is 0 Å². The average Bonchev–Trinajstić information content (AvgIpc) is 3.27. The summed E-state index contributed by atoms with van der Waals surface area (Å²) in [6.45, 7) is 0.556. The van der Waals surface area contributed by atoms with Gasteiger partial charge in [0, 0.05) is 16.6 Å². The average molecular weight is 425 g/mol. The summed E-state index contributed by atoms with van der Waals surface area (Å²) in [5, 5.41) is 4.44. The van der Waals surface area contributed by atoms with E-state index >= 15 is 0 Å². The van der Waals surface area contributed by atoms with E-state index in [0.717, 1.165) is 40.7 Å². The number of anilines is 2. The Morgan fingerprint density at radius 3 is 2.81 bits per heavy atom. The number of nitrogens with one attached hydrogen (secondary N) is 2. The second-order valence-electron chi connectivity index (χ2n) is 7.79. The Labute approximate surface area is 185 Å². The first kappa shape index (κ1) is 19.9. The van der Waals surface area contributed by atoms with E-state index in [1.807, 2.05) is 47.0 Å². The van der Waals surface area contributed by atoms with Gasteiger partial charge in [-0.25, -0.2) is 0 Å².